The average molecular weight is 371 g/mol. The van der Waals surface area contributed by atoms with Crippen molar-refractivity contribution in [3.05, 3.63) is 80.3 Å². The van der Waals surface area contributed by atoms with Crippen LogP contribution in [0.4, 0.5) is 11.4 Å². The number of nitrogens with zero attached hydrogens (tertiary/aromatic N) is 1. The third-order valence-corrected chi connectivity index (χ3v) is 5.31. The Balaban J connectivity index is 1.77. The van der Waals surface area contributed by atoms with Crippen LogP contribution in [0.3, 0.4) is 0 Å². The van der Waals surface area contributed by atoms with E-state index >= 15 is 0 Å². The summed E-state index contributed by atoms with van der Waals surface area (Å²) < 4.78 is 1.06. The van der Waals surface area contributed by atoms with Gasteiger partial charge in [0.2, 0.25) is 0 Å². The van der Waals surface area contributed by atoms with Gasteiger partial charge in [0.15, 0.2) is 0 Å². The van der Waals surface area contributed by atoms with Crippen LogP contribution in [0.2, 0.25) is 0 Å². The van der Waals surface area contributed by atoms with E-state index in [0.29, 0.717) is 5.92 Å². The molecule has 1 aliphatic heterocycles. The third kappa shape index (κ3) is 2.45. The number of halogens is 1. The van der Waals surface area contributed by atoms with Crippen LogP contribution in [0.5, 0.6) is 0 Å². The van der Waals surface area contributed by atoms with E-state index < -0.39 is 0 Å². The minimum atomic E-state index is -0.325. The van der Waals surface area contributed by atoms with Gasteiger partial charge in [-0.25, -0.2) is 0 Å². The topological polar surface area (TPSA) is 55.2 Å². The van der Waals surface area contributed by atoms with Gasteiger partial charge in [-0.1, -0.05) is 40.2 Å². The van der Waals surface area contributed by atoms with Crippen molar-refractivity contribution in [2.24, 2.45) is 5.92 Å². The van der Waals surface area contributed by atoms with Gasteiger partial charge in [0.05, 0.1) is 11.0 Å². The zero-order valence-corrected chi connectivity index (χ0v) is 13.9. The zero-order valence-electron chi connectivity index (χ0n) is 12.3. The van der Waals surface area contributed by atoms with Gasteiger partial charge in [-0.2, -0.15) is 0 Å². The Morgan fingerprint density at radius 3 is 2.70 bits per heavy atom. The number of nitrogens with one attached hydrogen (secondary N) is 1. The largest absolute Gasteiger partial charge is 0.378 e. The number of hydrogen-bond acceptors (Lipinski definition) is 3. The Kier molecular flexibility index (Phi) is 3.45. The first-order valence-corrected chi connectivity index (χ1v) is 8.40. The fourth-order valence-electron chi connectivity index (χ4n) is 3.70. The van der Waals surface area contributed by atoms with E-state index in [1.807, 2.05) is 6.07 Å². The molecule has 2 aromatic rings. The van der Waals surface area contributed by atoms with E-state index in [4.69, 9.17) is 0 Å². The van der Waals surface area contributed by atoms with Gasteiger partial charge < -0.3 is 5.32 Å². The molecule has 0 bridgehead atoms. The second kappa shape index (κ2) is 5.49. The van der Waals surface area contributed by atoms with E-state index in [1.165, 1.54) is 5.56 Å². The van der Waals surface area contributed by atoms with Gasteiger partial charge >= 0.3 is 0 Å². The minimum Gasteiger partial charge on any atom is -0.378 e. The lowest BCUT2D eigenvalue weighted by molar-refractivity contribution is -0.384. The first-order chi connectivity index (χ1) is 11.1. The second-order valence-electron chi connectivity index (χ2n) is 6.06. The Morgan fingerprint density at radius 1 is 1.17 bits per heavy atom. The molecule has 1 N–H and O–H groups in total. The molecule has 0 radical (unpaired) electrons. The highest BCUT2D eigenvalue weighted by molar-refractivity contribution is 9.10. The number of anilines is 1. The molecule has 2 aliphatic rings. The predicted molar refractivity (Wildman–Crippen MR) is 93.6 cm³/mol. The average Bonchev–Trinajstić information content (AvgIpc) is 3.04. The van der Waals surface area contributed by atoms with E-state index in [0.717, 1.165) is 22.1 Å². The van der Waals surface area contributed by atoms with Gasteiger partial charge in [0, 0.05) is 28.2 Å². The molecule has 0 saturated heterocycles. The number of nitro groups is 1. The smallest absolute Gasteiger partial charge is 0.269 e. The van der Waals surface area contributed by atoms with Crippen molar-refractivity contribution in [3.63, 3.8) is 0 Å². The summed E-state index contributed by atoms with van der Waals surface area (Å²) >= 11 is 3.48. The third-order valence-electron chi connectivity index (χ3n) is 4.79. The first kappa shape index (κ1) is 14.5. The van der Waals surface area contributed by atoms with Crippen LogP contribution < -0.4 is 5.32 Å². The second-order valence-corrected chi connectivity index (χ2v) is 6.97. The van der Waals surface area contributed by atoms with E-state index in [9.17, 15) is 10.1 Å². The molecule has 0 spiro atoms. The highest BCUT2D eigenvalue weighted by Gasteiger charge is 2.38. The minimum absolute atomic E-state index is 0.159. The summed E-state index contributed by atoms with van der Waals surface area (Å²) in [5.74, 6) is 0.630. The molecule has 0 amide bonds. The Morgan fingerprint density at radius 2 is 1.96 bits per heavy atom. The fraction of sp³-hybridized carbons (Fsp3) is 0.222. The van der Waals surface area contributed by atoms with Gasteiger partial charge in [-0.05, 0) is 41.7 Å². The normalized spacial score (nSPS) is 24.7. The monoisotopic (exact) mass is 370 g/mol. The maximum absolute atomic E-state index is 11.1. The Labute approximate surface area is 142 Å². The lowest BCUT2D eigenvalue weighted by Crippen LogP contribution is -2.29. The molecular formula is C18H15BrN2O2. The van der Waals surface area contributed by atoms with Crippen LogP contribution in [0.15, 0.2) is 59.1 Å². The molecule has 0 saturated carbocycles. The van der Waals surface area contributed by atoms with Gasteiger partial charge in [0.1, 0.15) is 0 Å². The molecule has 4 rings (SSSR count). The van der Waals surface area contributed by atoms with Crippen LogP contribution in [-0.4, -0.2) is 4.92 Å². The summed E-state index contributed by atoms with van der Waals surface area (Å²) in [6.45, 7) is 0. The summed E-state index contributed by atoms with van der Waals surface area (Å²) in [7, 11) is 0. The lowest BCUT2D eigenvalue weighted by Gasteiger charge is -2.37. The quantitative estimate of drug-likeness (QED) is 0.449. The lowest BCUT2D eigenvalue weighted by atomic mass is 9.77. The maximum atomic E-state index is 11.1. The van der Waals surface area contributed by atoms with Crippen LogP contribution in [0, 0.1) is 16.0 Å². The summed E-state index contributed by atoms with van der Waals surface area (Å²) in [6, 6.07) is 13.7. The SMILES string of the molecule is O=[N+]([O-])c1ccc2c(c1)[C@@H]1C=CC[C@H]1[C@@H](c1ccc(Br)cc1)N2. The Hall–Kier alpha value is -2.14. The van der Waals surface area contributed by atoms with Crippen molar-refractivity contribution in [2.75, 3.05) is 5.32 Å². The maximum Gasteiger partial charge on any atom is 0.269 e. The van der Waals surface area contributed by atoms with Crippen molar-refractivity contribution < 1.29 is 4.92 Å². The van der Waals surface area contributed by atoms with Crippen LogP contribution in [0.1, 0.15) is 29.5 Å². The number of hydrogen-bond donors (Lipinski definition) is 1. The molecule has 5 heteroatoms. The van der Waals surface area contributed by atoms with Crippen molar-refractivity contribution in [1.82, 2.24) is 0 Å². The summed E-state index contributed by atoms with van der Waals surface area (Å²) in [6.07, 6.45) is 5.37. The summed E-state index contributed by atoms with van der Waals surface area (Å²) in [5, 5.41) is 14.7. The molecular weight excluding hydrogens is 356 g/mol. The number of allylic oxidation sites excluding steroid dienone is 2. The van der Waals surface area contributed by atoms with E-state index in [2.05, 4.69) is 57.7 Å². The summed E-state index contributed by atoms with van der Waals surface area (Å²) in [4.78, 5) is 10.7. The van der Waals surface area contributed by atoms with Crippen LogP contribution in [-0.2, 0) is 0 Å². The molecule has 116 valence electrons. The van der Waals surface area contributed by atoms with Crippen molar-refractivity contribution in [2.45, 2.75) is 18.4 Å². The molecule has 2 aromatic carbocycles. The summed E-state index contributed by atoms with van der Waals surface area (Å²) in [5.41, 5.74) is 3.44. The molecule has 0 unspecified atom stereocenters. The first-order valence-electron chi connectivity index (χ1n) is 7.60. The van der Waals surface area contributed by atoms with Crippen molar-refractivity contribution in [3.8, 4) is 0 Å². The van der Waals surface area contributed by atoms with Crippen LogP contribution >= 0.6 is 15.9 Å². The predicted octanol–water partition coefficient (Wildman–Crippen LogP) is 5.18. The highest BCUT2D eigenvalue weighted by atomic mass is 79.9. The van der Waals surface area contributed by atoms with Crippen molar-refractivity contribution in [1.29, 1.82) is 0 Å². The molecule has 0 aromatic heterocycles. The van der Waals surface area contributed by atoms with Crippen molar-refractivity contribution >= 4 is 27.3 Å². The van der Waals surface area contributed by atoms with Crippen LogP contribution in [0.25, 0.3) is 0 Å². The van der Waals surface area contributed by atoms with E-state index in [-0.39, 0.29) is 22.6 Å². The highest BCUT2D eigenvalue weighted by Crippen LogP contribution is 2.50. The number of fused-ring (bicyclic) bond motifs is 3. The molecule has 1 aliphatic carbocycles. The number of non-ortho nitro benzene ring substituents is 1. The zero-order chi connectivity index (χ0) is 16.0. The molecule has 3 atom stereocenters. The number of benzene rings is 2. The Bertz CT molecular complexity index is 801. The molecule has 0 fully saturated rings. The number of rotatable bonds is 2. The van der Waals surface area contributed by atoms with Gasteiger partial charge in [-0.15, -0.1) is 0 Å². The van der Waals surface area contributed by atoms with E-state index in [1.54, 1.807) is 12.1 Å². The van der Waals surface area contributed by atoms with Gasteiger partial charge in [0.25, 0.3) is 5.69 Å². The fourth-order valence-corrected chi connectivity index (χ4v) is 3.96. The molecule has 1 heterocycles. The molecule has 23 heavy (non-hydrogen) atoms. The molecule has 4 nitrogen and oxygen atoms in total. The number of nitro benzene ring substituents is 1. The van der Waals surface area contributed by atoms with Gasteiger partial charge in [-0.3, -0.25) is 10.1 Å². The standard InChI is InChI=1S/C18H15BrN2O2/c19-12-6-4-11(5-7-12)18-15-3-1-2-14(15)16-10-13(21(22)23)8-9-17(16)20-18/h1-2,4-10,14-15,18,20H,3H2/t14-,15-,18-/m1/s1.